The van der Waals surface area contributed by atoms with Crippen LogP contribution in [0, 0.1) is 0 Å². The Morgan fingerprint density at radius 3 is 1.92 bits per heavy atom. The van der Waals surface area contributed by atoms with E-state index < -0.39 is 11.7 Å². The standard InChI is InChI=1S/C8H17NO3/c1-5-8(12,6-7(10)11)9(2,3)4/h12H,5-6H2,1-4H3/p+1. The van der Waals surface area contributed by atoms with Crippen molar-refractivity contribution in [3.05, 3.63) is 0 Å². The number of hydrogen-bond donors (Lipinski definition) is 2. The Morgan fingerprint density at radius 1 is 1.42 bits per heavy atom. The van der Waals surface area contributed by atoms with E-state index in [1.54, 1.807) is 28.1 Å². The highest BCUT2D eigenvalue weighted by atomic mass is 16.4. The van der Waals surface area contributed by atoms with Gasteiger partial charge in [0.2, 0.25) is 5.72 Å². The fraction of sp³-hybridized carbons (Fsp3) is 0.875. The second kappa shape index (κ2) is 3.41. The number of carbonyl (C=O) groups is 1. The van der Waals surface area contributed by atoms with E-state index in [4.69, 9.17) is 5.11 Å². The lowest BCUT2D eigenvalue weighted by Crippen LogP contribution is -2.57. The van der Waals surface area contributed by atoms with E-state index in [1.165, 1.54) is 0 Å². The topological polar surface area (TPSA) is 57.5 Å². The second-order valence-corrected chi connectivity index (χ2v) is 3.92. The molecule has 0 aliphatic rings. The molecular formula is C8H18NO3+. The Morgan fingerprint density at radius 2 is 1.83 bits per heavy atom. The molecule has 0 radical (unpaired) electrons. The summed E-state index contributed by atoms with van der Waals surface area (Å²) >= 11 is 0. The molecule has 4 nitrogen and oxygen atoms in total. The normalized spacial score (nSPS) is 17.1. The Balaban J connectivity index is 4.56. The van der Waals surface area contributed by atoms with Gasteiger partial charge in [-0.15, -0.1) is 0 Å². The van der Waals surface area contributed by atoms with Gasteiger partial charge < -0.3 is 14.7 Å². The summed E-state index contributed by atoms with van der Waals surface area (Å²) in [7, 11) is 5.35. The third kappa shape index (κ3) is 2.46. The van der Waals surface area contributed by atoms with Gasteiger partial charge in [0.15, 0.2) is 0 Å². The third-order valence-corrected chi connectivity index (χ3v) is 2.25. The van der Waals surface area contributed by atoms with Crippen molar-refractivity contribution in [2.45, 2.75) is 25.5 Å². The lowest BCUT2D eigenvalue weighted by atomic mass is 10.0. The molecule has 0 rings (SSSR count). The highest BCUT2D eigenvalue weighted by Crippen LogP contribution is 2.23. The van der Waals surface area contributed by atoms with E-state index in [2.05, 4.69) is 0 Å². The minimum Gasteiger partial charge on any atom is -0.481 e. The van der Waals surface area contributed by atoms with E-state index in [0.29, 0.717) is 6.42 Å². The summed E-state index contributed by atoms with van der Waals surface area (Å²) in [6.07, 6.45) is 0.218. The summed E-state index contributed by atoms with van der Waals surface area (Å²) in [5, 5.41) is 18.5. The van der Waals surface area contributed by atoms with Gasteiger partial charge in [-0.05, 0) is 0 Å². The molecule has 1 atom stereocenters. The average molecular weight is 176 g/mol. The first-order valence-corrected chi connectivity index (χ1v) is 3.98. The number of rotatable bonds is 4. The van der Waals surface area contributed by atoms with Crippen molar-refractivity contribution in [1.29, 1.82) is 0 Å². The van der Waals surface area contributed by atoms with E-state index in [9.17, 15) is 9.90 Å². The van der Waals surface area contributed by atoms with Gasteiger partial charge in [-0.2, -0.15) is 0 Å². The van der Waals surface area contributed by atoms with Crippen molar-refractivity contribution in [2.75, 3.05) is 21.1 Å². The van der Waals surface area contributed by atoms with Crippen LogP contribution in [0.1, 0.15) is 19.8 Å². The van der Waals surface area contributed by atoms with Crippen LogP contribution in [0.25, 0.3) is 0 Å². The zero-order valence-electron chi connectivity index (χ0n) is 8.16. The molecule has 4 heteroatoms. The molecule has 0 heterocycles. The summed E-state index contributed by atoms with van der Waals surface area (Å²) in [6.45, 7) is 1.78. The van der Waals surface area contributed by atoms with Crippen LogP contribution in [-0.4, -0.2) is 47.5 Å². The summed E-state index contributed by atoms with van der Waals surface area (Å²) in [5.74, 6) is -0.965. The van der Waals surface area contributed by atoms with Gasteiger partial charge >= 0.3 is 5.97 Å². The molecule has 0 aliphatic carbocycles. The Hall–Kier alpha value is -0.610. The van der Waals surface area contributed by atoms with E-state index in [0.717, 1.165) is 0 Å². The number of quaternary nitrogens is 1. The molecule has 0 spiro atoms. The molecule has 0 saturated carbocycles. The minimum absolute atomic E-state index is 0.215. The van der Waals surface area contributed by atoms with Crippen molar-refractivity contribution in [3.63, 3.8) is 0 Å². The molecular weight excluding hydrogens is 158 g/mol. The molecule has 0 aromatic carbocycles. The summed E-state index contributed by atoms with van der Waals surface area (Å²) in [6, 6.07) is 0. The summed E-state index contributed by atoms with van der Waals surface area (Å²) < 4.78 is 0.246. The van der Waals surface area contributed by atoms with Crippen molar-refractivity contribution >= 4 is 5.97 Å². The van der Waals surface area contributed by atoms with Gasteiger partial charge in [-0.25, -0.2) is 0 Å². The van der Waals surface area contributed by atoms with Crippen LogP contribution < -0.4 is 0 Å². The van der Waals surface area contributed by atoms with Gasteiger partial charge in [0, 0.05) is 6.42 Å². The Labute approximate surface area is 73.0 Å². The Bertz CT molecular complexity index is 174. The monoisotopic (exact) mass is 176 g/mol. The number of carboxylic acids is 1. The van der Waals surface area contributed by atoms with Crippen LogP contribution in [0.5, 0.6) is 0 Å². The maximum atomic E-state index is 10.5. The molecule has 0 saturated heterocycles. The molecule has 0 aromatic rings. The van der Waals surface area contributed by atoms with Gasteiger partial charge in [0.25, 0.3) is 0 Å². The van der Waals surface area contributed by atoms with Gasteiger partial charge in [0.1, 0.15) is 6.42 Å². The highest BCUT2D eigenvalue weighted by Gasteiger charge is 2.41. The van der Waals surface area contributed by atoms with Crippen LogP contribution in [0.15, 0.2) is 0 Å². The van der Waals surface area contributed by atoms with E-state index >= 15 is 0 Å². The molecule has 0 bridgehead atoms. The van der Waals surface area contributed by atoms with Crippen LogP contribution in [-0.2, 0) is 4.79 Å². The number of hydrogen-bond acceptors (Lipinski definition) is 2. The zero-order chi connectivity index (χ0) is 9.99. The fourth-order valence-corrected chi connectivity index (χ4v) is 1.08. The lowest BCUT2D eigenvalue weighted by molar-refractivity contribution is -0.950. The molecule has 1 unspecified atom stereocenters. The van der Waals surface area contributed by atoms with Crippen LogP contribution in [0.3, 0.4) is 0 Å². The second-order valence-electron chi connectivity index (χ2n) is 3.92. The van der Waals surface area contributed by atoms with E-state index in [1.807, 2.05) is 0 Å². The molecule has 0 fully saturated rings. The number of aliphatic hydroxyl groups is 1. The molecule has 0 aliphatic heterocycles. The maximum absolute atomic E-state index is 10.5. The number of aliphatic carboxylic acids is 1. The molecule has 2 N–H and O–H groups in total. The lowest BCUT2D eigenvalue weighted by Gasteiger charge is -2.40. The van der Waals surface area contributed by atoms with Crippen LogP contribution in [0.4, 0.5) is 0 Å². The van der Waals surface area contributed by atoms with Crippen LogP contribution >= 0.6 is 0 Å². The number of carboxylic acid groups (broad SMARTS) is 1. The molecule has 0 aromatic heterocycles. The summed E-state index contributed by atoms with van der Waals surface area (Å²) in [4.78, 5) is 10.5. The first kappa shape index (κ1) is 11.4. The quantitative estimate of drug-likeness (QED) is 0.477. The van der Waals surface area contributed by atoms with Gasteiger partial charge in [0.05, 0.1) is 21.1 Å². The van der Waals surface area contributed by atoms with Gasteiger partial charge in [-0.1, -0.05) is 6.92 Å². The van der Waals surface area contributed by atoms with Crippen LogP contribution in [0.2, 0.25) is 0 Å². The third-order valence-electron chi connectivity index (χ3n) is 2.25. The number of nitrogens with zero attached hydrogens (tertiary/aromatic N) is 1. The zero-order valence-corrected chi connectivity index (χ0v) is 8.16. The summed E-state index contributed by atoms with van der Waals surface area (Å²) in [5.41, 5.74) is -1.16. The SMILES string of the molecule is CCC(O)(CC(=O)O)[N+](C)(C)C. The highest BCUT2D eigenvalue weighted by molar-refractivity contribution is 5.67. The largest absolute Gasteiger partial charge is 0.481 e. The van der Waals surface area contributed by atoms with Crippen molar-refractivity contribution in [3.8, 4) is 0 Å². The fourth-order valence-electron chi connectivity index (χ4n) is 1.08. The smallest absolute Gasteiger partial charge is 0.312 e. The predicted molar refractivity (Wildman–Crippen MR) is 45.5 cm³/mol. The Kier molecular flexibility index (Phi) is 3.24. The van der Waals surface area contributed by atoms with Crippen molar-refractivity contribution in [2.24, 2.45) is 0 Å². The average Bonchev–Trinajstić information content (AvgIpc) is 1.83. The van der Waals surface area contributed by atoms with Gasteiger partial charge in [-0.3, -0.25) is 4.79 Å². The first-order chi connectivity index (χ1) is 5.23. The van der Waals surface area contributed by atoms with E-state index in [-0.39, 0.29) is 10.9 Å². The predicted octanol–water partition coefficient (Wildman–Crippen LogP) is 0.266. The molecule has 0 amide bonds. The van der Waals surface area contributed by atoms with Crippen molar-refractivity contribution in [1.82, 2.24) is 0 Å². The maximum Gasteiger partial charge on any atom is 0.312 e. The molecule has 72 valence electrons. The molecule has 12 heavy (non-hydrogen) atoms. The van der Waals surface area contributed by atoms with Crippen molar-refractivity contribution < 1.29 is 19.5 Å². The first-order valence-electron chi connectivity index (χ1n) is 3.98. The minimum atomic E-state index is -1.16.